The zero-order valence-electron chi connectivity index (χ0n) is 14.1. The van der Waals surface area contributed by atoms with Gasteiger partial charge in [-0.3, -0.25) is 9.59 Å². The highest BCUT2D eigenvalue weighted by molar-refractivity contribution is 7.80. The summed E-state index contributed by atoms with van der Waals surface area (Å²) in [4.78, 5) is 27.0. The maximum absolute atomic E-state index is 13.0. The third-order valence-electron chi connectivity index (χ3n) is 3.77. The van der Waals surface area contributed by atoms with Crippen LogP contribution in [-0.2, 0) is 0 Å². The molecule has 134 valence electrons. The Balaban J connectivity index is 1.96. The van der Waals surface area contributed by atoms with Crippen molar-refractivity contribution in [3.63, 3.8) is 0 Å². The summed E-state index contributed by atoms with van der Waals surface area (Å²) in [5.74, 6) is -1.04. The minimum atomic E-state index is -0.519. The van der Waals surface area contributed by atoms with E-state index in [1.165, 1.54) is 0 Å². The van der Waals surface area contributed by atoms with Crippen LogP contribution in [0.5, 0.6) is 0 Å². The summed E-state index contributed by atoms with van der Waals surface area (Å²) in [6, 6.07) is 24.0. The Labute approximate surface area is 167 Å². The van der Waals surface area contributed by atoms with E-state index in [1.807, 2.05) is 0 Å². The van der Waals surface area contributed by atoms with Crippen LogP contribution in [0, 0.1) is 0 Å². The first-order valence-electron chi connectivity index (χ1n) is 8.12. The highest BCUT2D eigenvalue weighted by atomic mass is 35.5. The van der Waals surface area contributed by atoms with Gasteiger partial charge in [0.1, 0.15) is 0 Å². The Bertz CT molecular complexity index is 926. The average molecular weight is 395 g/mol. The molecule has 0 aliphatic heterocycles. The third kappa shape index (κ3) is 4.39. The summed E-state index contributed by atoms with van der Waals surface area (Å²) in [7, 11) is 0. The topological polar surface area (TPSA) is 49.4 Å². The first-order valence-corrected chi connectivity index (χ1v) is 8.91. The summed E-state index contributed by atoms with van der Waals surface area (Å²) < 4.78 is 0. The molecule has 0 aliphatic carbocycles. The van der Waals surface area contributed by atoms with Gasteiger partial charge in [0.25, 0.3) is 11.8 Å². The lowest BCUT2D eigenvalue weighted by Gasteiger charge is -2.23. The second-order valence-electron chi connectivity index (χ2n) is 5.59. The van der Waals surface area contributed by atoms with Gasteiger partial charge in [-0.1, -0.05) is 60.1 Å². The standard InChI is InChI=1S/C21H15ClN2O2S/c22-17-13-7-8-14-18(17)23-21(27)24(19(25)15-9-3-1-4-10-15)20(26)16-11-5-2-6-12-16/h1-14H,(H,23,27). The lowest BCUT2D eigenvalue weighted by molar-refractivity contribution is 0.0716. The second-order valence-corrected chi connectivity index (χ2v) is 6.38. The molecule has 0 aromatic heterocycles. The Kier molecular flexibility index (Phi) is 5.96. The summed E-state index contributed by atoms with van der Waals surface area (Å²) in [5.41, 5.74) is 1.21. The average Bonchev–Trinajstić information content (AvgIpc) is 2.71. The number of nitrogens with one attached hydrogen (secondary N) is 1. The lowest BCUT2D eigenvalue weighted by Crippen LogP contribution is -2.44. The molecule has 0 radical (unpaired) electrons. The fraction of sp³-hybridized carbons (Fsp3) is 0. The Hall–Kier alpha value is -3.02. The van der Waals surface area contributed by atoms with Gasteiger partial charge in [0.2, 0.25) is 0 Å². The number of nitrogens with zero attached hydrogens (tertiary/aromatic N) is 1. The van der Waals surface area contributed by atoms with Crippen molar-refractivity contribution in [2.75, 3.05) is 5.32 Å². The van der Waals surface area contributed by atoms with Crippen molar-refractivity contribution in [1.82, 2.24) is 4.90 Å². The van der Waals surface area contributed by atoms with Crippen LogP contribution in [0.15, 0.2) is 84.9 Å². The van der Waals surface area contributed by atoms with Crippen molar-refractivity contribution in [2.24, 2.45) is 0 Å². The van der Waals surface area contributed by atoms with Crippen LogP contribution >= 0.6 is 23.8 Å². The van der Waals surface area contributed by atoms with Gasteiger partial charge in [-0.05, 0) is 48.6 Å². The summed E-state index contributed by atoms with van der Waals surface area (Å²) in [6.07, 6.45) is 0. The number of hydrogen-bond acceptors (Lipinski definition) is 3. The van der Waals surface area contributed by atoms with Gasteiger partial charge >= 0.3 is 0 Å². The van der Waals surface area contributed by atoms with E-state index >= 15 is 0 Å². The van der Waals surface area contributed by atoms with E-state index < -0.39 is 11.8 Å². The lowest BCUT2D eigenvalue weighted by atomic mass is 10.1. The molecule has 0 heterocycles. The van der Waals surface area contributed by atoms with Gasteiger partial charge in [-0.25, -0.2) is 4.90 Å². The molecule has 2 amide bonds. The molecule has 0 aliphatic rings. The van der Waals surface area contributed by atoms with Gasteiger partial charge in [-0.2, -0.15) is 0 Å². The molecule has 0 saturated heterocycles. The van der Waals surface area contributed by atoms with E-state index in [0.29, 0.717) is 21.8 Å². The zero-order valence-corrected chi connectivity index (χ0v) is 15.7. The van der Waals surface area contributed by atoms with Crippen LogP contribution in [0.1, 0.15) is 20.7 Å². The van der Waals surface area contributed by atoms with E-state index in [0.717, 1.165) is 4.90 Å². The van der Waals surface area contributed by atoms with Gasteiger partial charge in [0, 0.05) is 11.1 Å². The third-order valence-corrected chi connectivity index (χ3v) is 4.38. The van der Waals surface area contributed by atoms with Gasteiger partial charge in [-0.15, -0.1) is 0 Å². The van der Waals surface area contributed by atoms with E-state index in [4.69, 9.17) is 23.8 Å². The molecular weight excluding hydrogens is 380 g/mol. The quantitative estimate of drug-likeness (QED) is 0.500. The number of carbonyl (C=O) groups excluding carboxylic acids is 2. The van der Waals surface area contributed by atoms with Crippen molar-refractivity contribution >= 4 is 46.4 Å². The first-order chi connectivity index (χ1) is 13.1. The molecular formula is C21H15ClN2O2S. The Morgan fingerprint density at radius 2 is 1.19 bits per heavy atom. The van der Waals surface area contributed by atoms with Crippen LogP contribution in [0.2, 0.25) is 5.02 Å². The maximum Gasteiger partial charge on any atom is 0.267 e. The maximum atomic E-state index is 13.0. The molecule has 3 aromatic rings. The minimum Gasteiger partial charge on any atom is -0.331 e. The van der Waals surface area contributed by atoms with Crippen molar-refractivity contribution in [3.05, 3.63) is 101 Å². The molecule has 6 heteroatoms. The summed E-state index contributed by atoms with van der Waals surface area (Å²) in [5, 5.41) is 3.27. The molecule has 0 unspecified atom stereocenters. The zero-order chi connectivity index (χ0) is 19.2. The number of rotatable bonds is 3. The molecule has 3 rings (SSSR count). The largest absolute Gasteiger partial charge is 0.331 e. The van der Waals surface area contributed by atoms with E-state index in [9.17, 15) is 9.59 Å². The van der Waals surface area contributed by atoms with E-state index in [-0.39, 0.29) is 5.11 Å². The minimum absolute atomic E-state index is 0.0502. The molecule has 1 N–H and O–H groups in total. The fourth-order valence-corrected chi connectivity index (χ4v) is 2.89. The van der Waals surface area contributed by atoms with Crippen molar-refractivity contribution in [3.8, 4) is 0 Å². The second kappa shape index (κ2) is 8.58. The van der Waals surface area contributed by atoms with Gasteiger partial charge < -0.3 is 5.32 Å². The smallest absolute Gasteiger partial charge is 0.267 e. The Morgan fingerprint density at radius 3 is 1.67 bits per heavy atom. The van der Waals surface area contributed by atoms with Crippen LogP contribution in [0.25, 0.3) is 0 Å². The normalized spacial score (nSPS) is 10.1. The molecule has 27 heavy (non-hydrogen) atoms. The first kappa shape index (κ1) is 18.8. The number of carbonyl (C=O) groups is 2. The number of thiocarbonyl (C=S) groups is 1. The number of para-hydroxylation sites is 1. The number of benzene rings is 3. The predicted octanol–water partition coefficient (Wildman–Crippen LogP) is 5.02. The molecule has 0 bridgehead atoms. The van der Waals surface area contributed by atoms with E-state index in [1.54, 1.807) is 84.9 Å². The highest BCUT2D eigenvalue weighted by Crippen LogP contribution is 2.22. The van der Waals surface area contributed by atoms with Crippen LogP contribution in [0.4, 0.5) is 5.69 Å². The SMILES string of the molecule is O=C(c1ccccc1)N(C(=O)c1ccccc1)C(=S)Nc1ccccc1Cl. The van der Waals surface area contributed by atoms with Gasteiger partial charge in [0.15, 0.2) is 5.11 Å². The molecule has 3 aromatic carbocycles. The Morgan fingerprint density at radius 1 is 0.741 bits per heavy atom. The number of amides is 2. The van der Waals surface area contributed by atoms with Gasteiger partial charge in [0.05, 0.1) is 10.7 Å². The molecule has 0 spiro atoms. The monoisotopic (exact) mass is 394 g/mol. The van der Waals surface area contributed by atoms with Crippen molar-refractivity contribution in [1.29, 1.82) is 0 Å². The number of anilines is 1. The highest BCUT2D eigenvalue weighted by Gasteiger charge is 2.28. The number of imide groups is 1. The summed E-state index contributed by atoms with van der Waals surface area (Å²) >= 11 is 11.5. The molecule has 0 atom stereocenters. The predicted molar refractivity (Wildman–Crippen MR) is 111 cm³/mol. The molecule has 0 saturated carbocycles. The van der Waals surface area contributed by atoms with Crippen LogP contribution in [-0.4, -0.2) is 21.8 Å². The van der Waals surface area contributed by atoms with Crippen molar-refractivity contribution < 1.29 is 9.59 Å². The summed E-state index contributed by atoms with van der Waals surface area (Å²) in [6.45, 7) is 0. The van der Waals surface area contributed by atoms with E-state index in [2.05, 4.69) is 5.32 Å². The molecule has 0 fully saturated rings. The van der Waals surface area contributed by atoms with Crippen molar-refractivity contribution in [2.45, 2.75) is 0 Å². The number of halogens is 1. The van der Waals surface area contributed by atoms with Crippen LogP contribution < -0.4 is 5.32 Å². The molecule has 4 nitrogen and oxygen atoms in total. The van der Waals surface area contributed by atoms with Crippen LogP contribution in [0.3, 0.4) is 0 Å². The fourth-order valence-electron chi connectivity index (χ4n) is 2.43. The number of hydrogen-bond donors (Lipinski definition) is 1.